The van der Waals surface area contributed by atoms with Gasteiger partial charge in [0.25, 0.3) is 0 Å². The molecular weight excluding hydrogens is 644 g/mol. The van der Waals surface area contributed by atoms with E-state index in [4.69, 9.17) is 9.47 Å². The maximum atomic E-state index is 12.7. The van der Waals surface area contributed by atoms with Gasteiger partial charge in [-0.25, -0.2) is 24.5 Å². The molecule has 0 N–H and O–H groups in total. The highest BCUT2D eigenvalue weighted by molar-refractivity contribution is 5.43. The number of aryl methyl sites for hydroxylation is 2. The van der Waals surface area contributed by atoms with Crippen LogP contribution in [0.5, 0.6) is 11.6 Å². The zero-order valence-corrected chi connectivity index (χ0v) is 27.3. The lowest BCUT2D eigenvalue weighted by molar-refractivity contribution is 0.290. The largest absolute Gasteiger partial charge is 0.486 e. The third-order valence-corrected chi connectivity index (χ3v) is 7.79. The molecule has 0 fully saturated rings. The minimum atomic E-state index is -0.169. The van der Waals surface area contributed by atoms with Crippen molar-refractivity contribution in [3.8, 4) is 23.0 Å². The van der Waals surface area contributed by atoms with E-state index in [1.54, 1.807) is 64.6 Å². The van der Waals surface area contributed by atoms with Gasteiger partial charge in [-0.05, 0) is 68.4 Å². The van der Waals surface area contributed by atoms with Crippen LogP contribution < -0.4 is 20.9 Å². The lowest BCUT2D eigenvalue weighted by Gasteiger charge is -2.06. The molecule has 0 spiro atoms. The summed E-state index contributed by atoms with van der Waals surface area (Å²) in [6, 6.07) is 28.3. The Hall–Kier alpha value is -6.82. The maximum Gasteiger partial charge on any atom is 0.338 e. The first-order valence-corrected chi connectivity index (χ1v) is 15.8. The predicted molar refractivity (Wildman–Crippen MR) is 195 cm³/mol. The van der Waals surface area contributed by atoms with E-state index < -0.39 is 0 Å². The van der Waals surface area contributed by atoms with Crippen LogP contribution >= 0.6 is 0 Å². The Kier molecular flexibility index (Phi) is 10.1. The monoisotopic (exact) mass is 680 g/mol. The van der Waals surface area contributed by atoms with Gasteiger partial charge in [-0.15, -0.1) is 0 Å². The van der Waals surface area contributed by atoms with Crippen LogP contribution in [0.1, 0.15) is 29.9 Å². The molecular formula is C39H36N8O4. The summed E-state index contributed by atoms with van der Waals surface area (Å²) in [5.74, 6) is 1.19. The highest BCUT2D eigenvalue weighted by Crippen LogP contribution is 2.13. The summed E-state index contributed by atoms with van der Waals surface area (Å²) in [7, 11) is 0. The van der Waals surface area contributed by atoms with E-state index in [0.717, 1.165) is 22.5 Å². The Morgan fingerprint density at radius 3 is 1.65 bits per heavy atom. The number of ether oxygens (including phenoxy) is 2. The molecule has 12 heteroatoms. The molecule has 0 aliphatic rings. The van der Waals surface area contributed by atoms with Crippen LogP contribution in [-0.2, 0) is 13.2 Å². The van der Waals surface area contributed by atoms with Gasteiger partial charge in [-0.2, -0.15) is 0 Å². The van der Waals surface area contributed by atoms with Crippen LogP contribution in [-0.4, -0.2) is 37.9 Å². The summed E-state index contributed by atoms with van der Waals surface area (Å²) in [4.78, 5) is 42.5. The average molecular weight is 681 g/mol. The summed E-state index contributed by atoms with van der Waals surface area (Å²) >= 11 is 0. The lowest BCUT2D eigenvalue weighted by atomic mass is 10.2. The first kappa shape index (κ1) is 34.1. The molecule has 0 aliphatic heterocycles. The van der Waals surface area contributed by atoms with Gasteiger partial charge in [-0.1, -0.05) is 48.9 Å². The third kappa shape index (κ3) is 7.75. The van der Waals surface area contributed by atoms with Crippen molar-refractivity contribution < 1.29 is 9.47 Å². The van der Waals surface area contributed by atoms with Gasteiger partial charge in [0.2, 0.25) is 5.88 Å². The molecule has 6 aromatic heterocycles. The number of benzene rings is 2. The normalized spacial score (nSPS) is 10.7. The highest BCUT2D eigenvalue weighted by atomic mass is 16.5. The van der Waals surface area contributed by atoms with Crippen LogP contribution in [0.15, 0.2) is 144 Å². The number of hydrogen-bond acceptors (Lipinski definition) is 8. The number of imidazole rings is 2. The summed E-state index contributed by atoms with van der Waals surface area (Å²) in [5, 5.41) is 0. The average Bonchev–Trinajstić information content (AvgIpc) is 3.78. The molecule has 12 nitrogen and oxygen atoms in total. The summed E-state index contributed by atoms with van der Waals surface area (Å²) < 4.78 is 17.5. The van der Waals surface area contributed by atoms with E-state index >= 15 is 0 Å². The molecule has 8 rings (SSSR count). The molecule has 2 aromatic carbocycles. The van der Waals surface area contributed by atoms with Gasteiger partial charge in [0, 0.05) is 43.2 Å². The number of aromatic nitrogens is 8. The van der Waals surface area contributed by atoms with Crippen molar-refractivity contribution in [1.29, 1.82) is 0 Å². The molecule has 8 aromatic rings. The van der Waals surface area contributed by atoms with Crippen LogP contribution in [0.3, 0.4) is 0 Å². The van der Waals surface area contributed by atoms with Crippen LogP contribution in [0, 0.1) is 13.8 Å². The summed E-state index contributed by atoms with van der Waals surface area (Å²) in [6.45, 7) is 4.56. The number of fused-ring (bicyclic) bond motifs is 2. The second kappa shape index (κ2) is 15.2. The van der Waals surface area contributed by atoms with Crippen LogP contribution in [0.4, 0.5) is 0 Å². The molecule has 0 radical (unpaired) electrons. The van der Waals surface area contributed by atoms with E-state index in [-0.39, 0.29) is 32.0 Å². The maximum absolute atomic E-state index is 12.7. The number of nitrogens with zero attached hydrogens (tertiary/aromatic N) is 8. The van der Waals surface area contributed by atoms with Gasteiger partial charge in [-0.3, -0.25) is 22.9 Å². The second-order valence-corrected chi connectivity index (χ2v) is 11.5. The number of pyridine rings is 2. The van der Waals surface area contributed by atoms with E-state index in [1.807, 2.05) is 92.7 Å². The van der Waals surface area contributed by atoms with E-state index in [9.17, 15) is 9.59 Å². The standard InChI is InChI=1S/2C19H16N4O2.CH4/c1-14-4-6-16(7-5-14)22-10-8-18-21-15(12-23(18)19(22)24)13-25-17-3-2-9-20-11-17;1-14-5-7-16(8-6-14)22-11-9-17-21-15(12-23(17)19(22)24)13-25-18-4-2-3-10-20-18;/h2*2-12H,13H2,1H3;1H4. The Morgan fingerprint density at radius 2 is 1.16 bits per heavy atom. The van der Waals surface area contributed by atoms with Crippen molar-refractivity contribution in [2.75, 3.05) is 0 Å². The Balaban J connectivity index is 0.000000172. The molecule has 51 heavy (non-hydrogen) atoms. The fourth-order valence-electron chi connectivity index (χ4n) is 5.19. The molecule has 6 heterocycles. The molecule has 0 saturated heterocycles. The highest BCUT2D eigenvalue weighted by Gasteiger charge is 2.10. The summed E-state index contributed by atoms with van der Waals surface area (Å²) in [6.07, 6.45) is 11.9. The zero-order valence-electron chi connectivity index (χ0n) is 27.3. The zero-order chi connectivity index (χ0) is 34.5. The quantitative estimate of drug-likeness (QED) is 0.187. The van der Waals surface area contributed by atoms with Crippen LogP contribution in [0.25, 0.3) is 22.7 Å². The minimum Gasteiger partial charge on any atom is -0.486 e. The minimum absolute atomic E-state index is 0. The lowest BCUT2D eigenvalue weighted by Crippen LogP contribution is -2.24. The predicted octanol–water partition coefficient (Wildman–Crippen LogP) is 6.17. The van der Waals surface area contributed by atoms with E-state index in [0.29, 0.717) is 34.3 Å². The molecule has 0 saturated carbocycles. The van der Waals surface area contributed by atoms with Crippen LogP contribution in [0.2, 0.25) is 0 Å². The topological polar surface area (TPSA) is 123 Å². The van der Waals surface area contributed by atoms with Gasteiger partial charge in [0.15, 0.2) is 0 Å². The van der Waals surface area contributed by atoms with Crippen molar-refractivity contribution >= 4 is 11.3 Å². The van der Waals surface area contributed by atoms with Crippen molar-refractivity contribution in [3.63, 3.8) is 0 Å². The SMILES string of the molecule is C.Cc1ccc(-n2ccc3nc(COc4ccccn4)cn3c2=O)cc1.Cc1ccc(-n2ccc3nc(COc4cccnc4)cn3c2=O)cc1. The first-order chi connectivity index (χ1) is 24.4. The van der Waals surface area contributed by atoms with Gasteiger partial charge < -0.3 is 9.47 Å². The Bertz CT molecular complexity index is 2310. The third-order valence-electron chi connectivity index (χ3n) is 7.79. The summed E-state index contributed by atoms with van der Waals surface area (Å²) in [5.41, 5.74) is 6.14. The fourth-order valence-corrected chi connectivity index (χ4v) is 5.19. The van der Waals surface area contributed by atoms with Crippen molar-refractivity contribution in [2.24, 2.45) is 0 Å². The number of rotatable bonds is 8. The molecule has 0 atom stereocenters. The van der Waals surface area contributed by atoms with E-state index in [1.165, 1.54) is 8.80 Å². The van der Waals surface area contributed by atoms with Crippen molar-refractivity contribution in [1.82, 2.24) is 37.9 Å². The molecule has 256 valence electrons. The molecule has 0 amide bonds. The smallest absolute Gasteiger partial charge is 0.338 e. The van der Waals surface area contributed by atoms with Gasteiger partial charge >= 0.3 is 11.4 Å². The van der Waals surface area contributed by atoms with Crippen molar-refractivity contribution in [2.45, 2.75) is 34.5 Å². The molecule has 0 aliphatic carbocycles. The Labute approximate surface area is 293 Å². The molecule has 0 bridgehead atoms. The first-order valence-electron chi connectivity index (χ1n) is 15.8. The Morgan fingerprint density at radius 1 is 0.608 bits per heavy atom. The number of hydrogen-bond donors (Lipinski definition) is 0. The van der Waals surface area contributed by atoms with Gasteiger partial charge in [0.1, 0.15) is 30.3 Å². The molecule has 0 unspecified atom stereocenters. The van der Waals surface area contributed by atoms with Crippen molar-refractivity contribution in [3.05, 3.63) is 178 Å². The van der Waals surface area contributed by atoms with E-state index in [2.05, 4.69) is 19.9 Å². The fraction of sp³-hybridized carbons (Fsp3) is 0.128. The second-order valence-electron chi connectivity index (χ2n) is 11.5. The van der Waals surface area contributed by atoms with Gasteiger partial charge in [0.05, 0.1) is 29.0 Å².